The maximum Gasteiger partial charge on any atom is 0.252 e. The fourth-order valence-electron chi connectivity index (χ4n) is 3.82. The largest absolute Gasteiger partial charge is 0.381 e. The first-order valence-corrected chi connectivity index (χ1v) is 8.04. The lowest BCUT2D eigenvalue weighted by atomic mass is 9.97. The molecule has 0 aliphatic carbocycles. The van der Waals surface area contributed by atoms with Crippen molar-refractivity contribution < 1.29 is 9.53 Å². The summed E-state index contributed by atoms with van der Waals surface area (Å²) in [6.45, 7) is 9.04. The van der Waals surface area contributed by atoms with Crippen LogP contribution in [0.1, 0.15) is 55.6 Å². The summed E-state index contributed by atoms with van der Waals surface area (Å²) >= 11 is 0. The lowest BCUT2D eigenvalue weighted by Crippen LogP contribution is -2.40. The molecule has 0 spiro atoms. The number of nitrogens with two attached hydrogens (primary N) is 1. The van der Waals surface area contributed by atoms with Gasteiger partial charge >= 0.3 is 0 Å². The predicted molar refractivity (Wildman–Crippen MR) is 86.1 cm³/mol. The fourth-order valence-corrected chi connectivity index (χ4v) is 3.82. The third-order valence-electron chi connectivity index (χ3n) is 4.84. The minimum absolute atomic E-state index is 0.0125. The Hall–Kier alpha value is -1.62. The van der Waals surface area contributed by atoms with Crippen molar-refractivity contribution >= 4 is 11.7 Å². The summed E-state index contributed by atoms with van der Waals surface area (Å²) in [4.78, 5) is 18.9. The van der Waals surface area contributed by atoms with Crippen LogP contribution in [0.2, 0.25) is 0 Å². The van der Waals surface area contributed by atoms with Gasteiger partial charge in [0.15, 0.2) is 0 Å². The molecular formula is C17H25N3O2. The third kappa shape index (κ3) is 2.70. The molecule has 5 nitrogen and oxygen atoms in total. The highest BCUT2D eigenvalue weighted by atomic mass is 16.5. The number of carbonyl (C=O) groups is 1. The van der Waals surface area contributed by atoms with Crippen LogP contribution < -0.4 is 10.6 Å². The number of carbonyl (C=O) groups excluding carboxylic acids is 1. The standard InChI is InChI=1S/C17H25N3O2/c1-11-8-17(2,3)20(9-11)16-13(15(18)21)4-5-14(19-16)12-6-7-22-10-12/h4-5,11-12H,6-10H2,1-3H3,(H2,18,21)/t11-,12?/m0/s1. The average molecular weight is 303 g/mol. The average Bonchev–Trinajstić information content (AvgIpc) is 3.05. The number of rotatable bonds is 3. The molecule has 1 amide bonds. The predicted octanol–water partition coefficient (Wildman–Crippen LogP) is 2.31. The van der Waals surface area contributed by atoms with Gasteiger partial charge in [-0.25, -0.2) is 4.98 Å². The van der Waals surface area contributed by atoms with E-state index in [0.717, 1.165) is 37.5 Å². The van der Waals surface area contributed by atoms with Crippen molar-refractivity contribution in [3.63, 3.8) is 0 Å². The molecule has 2 saturated heterocycles. The van der Waals surface area contributed by atoms with Gasteiger partial charge < -0.3 is 15.4 Å². The van der Waals surface area contributed by atoms with Crippen LogP contribution in [0, 0.1) is 5.92 Å². The number of pyridine rings is 1. The zero-order valence-corrected chi connectivity index (χ0v) is 13.6. The Bertz CT molecular complexity index is 579. The fraction of sp³-hybridized carbons (Fsp3) is 0.647. The van der Waals surface area contributed by atoms with Gasteiger partial charge in [-0.2, -0.15) is 0 Å². The van der Waals surface area contributed by atoms with Crippen LogP contribution >= 0.6 is 0 Å². The first-order valence-electron chi connectivity index (χ1n) is 8.04. The van der Waals surface area contributed by atoms with Crippen LogP contribution in [-0.4, -0.2) is 36.2 Å². The number of hydrogen-bond acceptors (Lipinski definition) is 4. The van der Waals surface area contributed by atoms with E-state index in [-0.39, 0.29) is 5.54 Å². The summed E-state index contributed by atoms with van der Waals surface area (Å²) in [5, 5.41) is 0. The van der Waals surface area contributed by atoms with E-state index < -0.39 is 5.91 Å². The topological polar surface area (TPSA) is 68.5 Å². The smallest absolute Gasteiger partial charge is 0.252 e. The number of ether oxygens (including phenoxy) is 1. The molecule has 1 aromatic rings. The van der Waals surface area contributed by atoms with Crippen molar-refractivity contribution in [1.29, 1.82) is 0 Å². The molecule has 2 aliphatic rings. The van der Waals surface area contributed by atoms with Gasteiger partial charge in [-0.1, -0.05) is 6.92 Å². The van der Waals surface area contributed by atoms with Crippen LogP contribution in [0.3, 0.4) is 0 Å². The SMILES string of the molecule is C[C@@H]1CN(c2nc(C3CCOC3)ccc2C(N)=O)C(C)(C)C1. The van der Waals surface area contributed by atoms with E-state index in [9.17, 15) is 4.79 Å². The van der Waals surface area contributed by atoms with Gasteiger partial charge in [0, 0.05) is 30.3 Å². The van der Waals surface area contributed by atoms with Crippen molar-refractivity contribution in [3.8, 4) is 0 Å². The Morgan fingerprint density at radius 3 is 2.77 bits per heavy atom. The summed E-state index contributed by atoms with van der Waals surface area (Å²) in [6.07, 6.45) is 2.08. The summed E-state index contributed by atoms with van der Waals surface area (Å²) in [5.41, 5.74) is 7.09. The normalized spacial score (nSPS) is 27.3. The third-order valence-corrected chi connectivity index (χ3v) is 4.84. The molecule has 5 heteroatoms. The molecule has 2 aliphatic heterocycles. The number of hydrogen-bond donors (Lipinski definition) is 1. The summed E-state index contributed by atoms with van der Waals surface area (Å²) in [5.74, 6) is 1.23. The first-order chi connectivity index (χ1) is 10.4. The Kier molecular flexibility index (Phi) is 3.85. The van der Waals surface area contributed by atoms with Crippen molar-refractivity contribution in [1.82, 2.24) is 4.98 Å². The first kappa shape index (κ1) is 15.3. The minimum Gasteiger partial charge on any atom is -0.381 e. The molecule has 3 heterocycles. The second-order valence-electron chi connectivity index (χ2n) is 7.26. The van der Waals surface area contributed by atoms with E-state index in [1.807, 2.05) is 12.1 Å². The van der Waals surface area contributed by atoms with Gasteiger partial charge in [0.1, 0.15) is 5.82 Å². The van der Waals surface area contributed by atoms with E-state index in [4.69, 9.17) is 15.5 Å². The lowest BCUT2D eigenvalue weighted by molar-refractivity contribution is 0.100. The molecule has 2 N–H and O–H groups in total. The molecular weight excluding hydrogens is 278 g/mol. The monoisotopic (exact) mass is 303 g/mol. The number of amides is 1. The molecule has 0 saturated carbocycles. The Labute approximate surface area is 131 Å². The maximum absolute atomic E-state index is 11.8. The number of aromatic nitrogens is 1. The second-order valence-corrected chi connectivity index (χ2v) is 7.26. The molecule has 1 aromatic heterocycles. The van der Waals surface area contributed by atoms with Crippen molar-refractivity contribution in [2.24, 2.45) is 11.7 Å². The number of anilines is 1. The van der Waals surface area contributed by atoms with Crippen LogP contribution in [0.25, 0.3) is 0 Å². The van der Waals surface area contributed by atoms with E-state index >= 15 is 0 Å². The van der Waals surface area contributed by atoms with Gasteiger partial charge in [-0.15, -0.1) is 0 Å². The maximum atomic E-state index is 11.8. The molecule has 0 bridgehead atoms. The molecule has 0 aromatic carbocycles. The van der Waals surface area contributed by atoms with E-state index in [0.29, 0.717) is 24.0 Å². The molecule has 1 unspecified atom stereocenters. The van der Waals surface area contributed by atoms with Crippen LogP contribution in [0.5, 0.6) is 0 Å². The van der Waals surface area contributed by atoms with Gasteiger partial charge in [-0.3, -0.25) is 4.79 Å². The molecule has 0 radical (unpaired) electrons. The zero-order valence-electron chi connectivity index (χ0n) is 13.6. The van der Waals surface area contributed by atoms with E-state index in [1.165, 1.54) is 0 Å². The van der Waals surface area contributed by atoms with Gasteiger partial charge in [0.05, 0.1) is 12.2 Å². The second kappa shape index (κ2) is 5.54. The molecule has 2 fully saturated rings. The van der Waals surface area contributed by atoms with Crippen LogP contribution in [-0.2, 0) is 4.74 Å². The highest BCUT2D eigenvalue weighted by Gasteiger charge is 2.39. The van der Waals surface area contributed by atoms with Gasteiger partial charge in [0.2, 0.25) is 0 Å². The van der Waals surface area contributed by atoms with Gasteiger partial charge in [-0.05, 0) is 44.7 Å². The summed E-state index contributed by atoms with van der Waals surface area (Å²) in [6, 6.07) is 3.76. The minimum atomic E-state index is -0.410. The van der Waals surface area contributed by atoms with Crippen molar-refractivity contribution in [2.45, 2.75) is 45.1 Å². The van der Waals surface area contributed by atoms with E-state index in [1.54, 1.807) is 0 Å². The molecule has 3 rings (SSSR count). The van der Waals surface area contributed by atoms with Gasteiger partial charge in [0.25, 0.3) is 5.91 Å². The van der Waals surface area contributed by atoms with Crippen LogP contribution in [0.4, 0.5) is 5.82 Å². The quantitative estimate of drug-likeness (QED) is 0.930. The van der Waals surface area contributed by atoms with Crippen molar-refractivity contribution in [3.05, 3.63) is 23.4 Å². The molecule has 22 heavy (non-hydrogen) atoms. The van der Waals surface area contributed by atoms with E-state index in [2.05, 4.69) is 25.7 Å². The molecule has 2 atom stereocenters. The number of primary amides is 1. The Balaban J connectivity index is 2.03. The highest BCUT2D eigenvalue weighted by Crippen LogP contribution is 2.38. The number of nitrogens with zero attached hydrogens (tertiary/aromatic N) is 2. The Morgan fingerprint density at radius 2 is 2.23 bits per heavy atom. The van der Waals surface area contributed by atoms with Crippen molar-refractivity contribution in [2.75, 3.05) is 24.7 Å². The summed E-state index contributed by atoms with van der Waals surface area (Å²) < 4.78 is 5.47. The molecule has 120 valence electrons. The summed E-state index contributed by atoms with van der Waals surface area (Å²) in [7, 11) is 0. The zero-order chi connectivity index (χ0) is 15.9. The Morgan fingerprint density at radius 1 is 1.45 bits per heavy atom. The van der Waals surface area contributed by atoms with Crippen LogP contribution in [0.15, 0.2) is 12.1 Å². The lowest BCUT2D eigenvalue weighted by Gasteiger charge is -2.34. The highest BCUT2D eigenvalue weighted by molar-refractivity contribution is 5.98.